The van der Waals surface area contributed by atoms with Crippen molar-refractivity contribution in [1.82, 2.24) is 24.8 Å². The van der Waals surface area contributed by atoms with Gasteiger partial charge in [0, 0.05) is 38.1 Å². The zero-order chi connectivity index (χ0) is 20.8. The molecule has 9 nitrogen and oxygen atoms in total. The van der Waals surface area contributed by atoms with Gasteiger partial charge in [0.2, 0.25) is 17.5 Å². The second kappa shape index (κ2) is 6.57. The van der Waals surface area contributed by atoms with Gasteiger partial charge in [0.15, 0.2) is 5.41 Å². The van der Waals surface area contributed by atoms with Crippen molar-refractivity contribution >= 4 is 5.91 Å². The zero-order valence-corrected chi connectivity index (χ0v) is 15.0. The Morgan fingerprint density at radius 1 is 1.34 bits per heavy atom. The molecule has 1 saturated heterocycles. The molecule has 12 heteroatoms. The van der Waals surface area contributed by atoms with Gasteiger partial charge in [-0.1, -0.05) is 5.16 Å². The third kappa shape index (κ3) is 3.09. The van der Waals surface area contributed by atoms with Gasteiger partial charge in [-0.05, 0) is 18.6 Å². The highest BCUT2D eigenvalue weighted by Crippen LogP contribution is 2.47. The minimum Gasteiger partial charge on any atom is -0.371 e. The molecule has 1 aliphatic rings. The molecule has 0 saturated carbocycles. The number of likely N-dealkylation sites (tertiary alicyclic amines) is 1. The molecule has 1 aliphatic heterocycles. The number of nitrogens with zero attached hydrogens (tertiary/aromatic N) is 5. The molecule has 0 N–H and O–H groups in total. The normalized spacial score (nSPS) is 19.7. The van der Waals surface area contributed by atoms with Crippen molar-refractivity contribution in [2.45, 2.75) is 18.0 Å². The first-order valence-electron chi connectivity index (χ1n) is 8.49. The number of carbonyl (C=O) groups is 1. The van der Waals surface area contributed by atoms with Crippen molar-refractivity contribution in [3.63, 3.8) is 0 Å². The number of amides is 1. The minimum atomic E-state index is -4.75. The summed E-state index contributed by atoms with van der Waals surface area (Å²) >= 11 is 0. The molecule has 3 aromatic heterocycles. The van der Waals surface area contributed by atoms with Crippen molar-refractivity contribution in [2.75, 3.05) is 13.1 Å². The number of halogens is 3. The van der Waals surface area contributed by atoms with E-state index >= 15 is 0 Å². The zero-order valence-electron chi connectivity index (χ0n) is 15.0. The van der Waals surface area contributed by atoms with Crippen LogP contribution in [-0.4, -0.2) is 49.9 Å². The maximum Gasteiger partial charge on any atom is 0.405 e. The van der Waals surface area contributed by atoms with Gasteiger partial charge in [-0.2, -0.15) is 22.9 Å². The lowest BCUT2D eigenvalue weighted by molar-refractivity contribution is -0.193. The number of pyridine rings is 1. The predicted octanol–water partition coefficient (Wildman–Crippen LogP) is 1.77. The van der Waals surface area contributed by atoms with Gasteiger partial charge in [0.25, 0.3) is 11.5 Å². The van der Waals surface area contributed by atoms with Crippen molar-refractivity contribution in [3.05, 3.63) is 52.6 Å². The Labute approximate surface area is 160 Å². The van der Waals surface area contributed by atoms with E-state index in [1.165, 1.54) is 19.4 Å². The van der Waals surface area contributed by atoms with Crippen LogP contribution in [0.15, 0.2) is 44.4 Å². The molecule has 1 amide bonds. The van der Waals surface area contributed by atoms with Crippen LogP contribution in [-0.2, 0) is 12.5 Å². The Balaban J connectivity index is 1.67. The summed E-state index contributed by atoms with van der Waals surface area (Å²) in [5.74, 6) is -1.82. The van der Waals surface area contributed by atoms with Crippen LogP contribution in [0.25, 0.3) is 11.4 Å². The largest absolute Gasteiger partial charge is 0.405 e. The molecule has 1 atom stereocenters. The van der Waals surface area contributed by atoms with Crippen LogP contribution < -0.4 is 5.56 Å². The van der Waals surface area contributed by atoms with Crippen LogP contribution in [0.2, 0.25) is 0 Å². The van der Waals surface area contributed by atoms with Gasteiger partial charge in [0.1, 0.15) is 0 Å². The fraction of sp³-hybridized carbons (Fsp3) is 0.353. The summed E-state index contributed by atoms with van der Waals surface area (Å²) in [6, 6.07) is 4.11. The van der Waals surface area contributed by atoms with Gasteiger partial charge >= 0.3 is 6.18 Å². The first-order chi connectivity index (χ1) is 13.7. The lowest BCUT2D eigenvalue weighted by atomic mass is 9.86. The van der Waals surface area contributed by atoms with Crippen LogP contribution in [0.1, 0.15) is 22.9 Å². The van der Waals surface area contributed by atoms with E-state index in [1.807, 2.05) is 0 Å². The molecule has 1 unspecified atom stereocenters. The van der Waals surface area contributed by atoms with Gasteiger partial charge in [-0.15, -0.1) is 0 Å². The highest BCUT2D eigenvalue weighted by molar-refractivity contribution is 5.91. The van der Waals surface area contributed by atoms with E-state index in [0.29, 0.717) is 5.56 Å². The average Bonchev–Trinajstić information content (AvgIpc) is 3.41. The molecule has 152 valence electrons. The molecule has 0 aromatic carbocycles. The number of carbonyl (C=O) groups excluding carboxylic acids is 1. The predicted molar refractivity (Wildman–Crippen MR) is 89.7 cm³/mol. The Hall–Kier alpha value is -3.44. The summed E-state index contributed by atoms with van der Waals surface area (Å²) in [5, 5.41) is 3.64. The van der Waals surface area contributed by atoms with Gasteiger partial charge < -0.3 is 13.9 Å². The number of hydrogen-bond acceptors (Lipinski definition) is 7. The van der Waals surface area contributed by atoms with Gasteiger partial charge in [-0.3, -0.25) is 14.6 Å². The highest BCUT2D eigenvalue weighted by atomic mass is 19.4. The van der Waals surface area contributed by atoms with Crippen LogP contribution in [0, 0.1) is 0 Å². The molecular weight excluding hydrogens is 395 g/mol. The Morgan fingerprint density at radius 2 is 2.14 bits per heavy atom. The van der Waals surface area contributed by atoms with E-state index in [0.717, 1.165) is 15.7 Å². The molecule has 0 aliphatic carbocycles. The quantitative estimate of drug-likeness (QED) is 0.649. The average molecular weight is 409 g/mol. The van der Waals surface area contributed by atoms with E-state index in [9.17, 15) is 22.8 Å². The lowest BCUT2D eigenvalue weighted by Crippen LogP contribution is -2.46. The van der Waals surface area contributed by atoms with Crippen LogP contribution in [0.5, 0.6) is 0 Å². The molecular formula is C17H14F3N5O4. The van der Waals surface area contributed by atoms with E-state index < -0.39 is 41.9 Å². The highest BCUT2D eigenvalue weighted by Gasteiger charge is 2.63. The summed E-state index contributed by atoms with van der Waals surface area (Å²) in [5.41, 5.74) is -2.70. The first kappa shape index (κ1) is 18.9. The lowest BCUT2D eigenvalue weighted by Gasteiger charge is -2.27. The fourth-order valence-corrected chi connectivity index (χ4v) is 3.22. The molecule has 0 radical (unpaired) electrons. The van der Waals surface area contributed by atoms with Crippen molar-refractivity contribution < 1.29 is 27.0 Å². The fourth-order valence-electron chi connectivity index (χ4n) is 3.22. The number of aryl methyl sites for hydroxylation is 1. The molecule has 29 heavy (non-hydrogen) atoms. The van der Waals surface area contributed by atoms with Crippen molar-refractivity contribution in [1.29, 1.82) is 0 Å². The third-order valence-corrected chi connectivity index (χ3v) is 4.87. The summed E-state index contributed by atoms with van der Waals surface area (Å²) in [4.78, 5) is 32.8. The number of hydrogen-bond donors (Lipinski definition) is 0. The third-order valence-electron chi connectivity index (χ3n) is 4.87. The molecule has 4 heterocycles. The van der Waals surface area contributed by atoms with Gasteiger partial charge in [0.05, 0.1) is 6.07 Å². The maximum absolute atomic E-state index is 14.1. The number of rotatable bonds is 3. The minimum absolute atomic E-state index is 0.0319. The van der Waals surface area contributed by atoms with Crippen LogP contribution in [0.3, 0.4) is 0 Å². The molecule has 3 aromatic rings. The Morgan fingerprint density at radius 3 is 2.76 bits per heavy atom. The number of alkyl halides is 3. The first-order valence-corrected chi connectivity index (χ1v) is 8.49. The topological polar surface area (TPSA) is 107 Å². The summed E-state index contributed by atoms with van der Waals surface area (Å²) in [6.45, 7) is -0.954. The summed E-state index contributed by atoms with van der Waals surface area (Å²) in [6.07, 6.45) is -2.31. The molecule has 4 rings (SSSR count). The standard InChI is InChI=1S/C17H14F3N5O4/c1-24-12(26)7-11(29-24)14(27)25-6-4-16(9-25,17(18,19)20)15-22-13(23-28-15)10-3-2-5-21-8-10/h2-3,5,7-8H,4,6,9H2,1H3. The maximum atomic E-state index is 14.1. The Bertz CT molecular complexity index is 1100. The van der Waals surface area contributed by atoms with E-state index in [1.54, 1.807) is 12.1 Å². The monoisotopic (exact) mass is 409 g/mol. The smallest absolute Gasteiger partial charge is 0.371 e. The molecule has 0 bridgehead atoms. The second-order valence-corrected chi connectivity index (χ2v) is 6.66. The number of aromatic nitrogens is 4. The van der Waals surface area contributed by atoms with Crippen LogP contribution in [0.4, 0.5) is 13.2 Å². The van der Waals surface area contributed by atoms with E-state index in [-0.39, 0.29) is 18.1 Å². The van der Waals surface area contributed by atoms with Gasteiger partial charge in [-0.25, -0.2) is 0 Å². The Kier molecular flexibility index (Phi) is 4.28. The summed E-state index contributed by atoms with van der Waals surface area (Å²) < 4.78 is 53.0. The van der Waals surface area contributed by atoms with E-state index in [4.69, 9.17) is 9.05 Å². The van der Waals surface area contributed by atoms with Crippen LogP contribution >= 0.6 is 0 Å². The second-order valence-electron chi connectivity index (χ2n) is 6.66. The van der Waals surface area contributed by atoms with Crippen molar-refractivity contribution in [2.24, 2.45) is 7.05 Å². The van der Waals surface area contributed by atoms with Crippen molar-refractivity contribution in [3.8, 4) is 11.4 Å². The van der Waals surface area contributed by atoms with E-state index in [2.05, 4.69) is 15.1 Å². The molecule has 1 fully saturated rings. The SMILES string of the molecule is Cn1oc(C(=O)N2CCC(c3nc(-c4cccnc4)no3)(C(F)(F)F)C2)cc1=O. The molecule has 0 spiro atoms. The summed E-state index contributed by atoms with van der Waals surface area (Å²) in [7, 11) is 1.29.